The molecule has 118 valence electrons. The van der Waals surface area contributed by atoms with Crippen LogP contribution in [0.2, 0.25) is 0 Å². The van der Waals surface area contributed by atoms with Crippen molar-refractivity contribution >= 4 is 17.3 Å². The smallest absolute Gasteiger partial charge is 0.424 e. The first-order valence-corrected chi connectivity index (χ1v) is 7.33. The van der Waals surface area contributed by atoms with Crippen LogP contribution < -0.4 is 15.2 Å². The van der Waals surface area contributed by atoms with E-state index in [1.165, 1.54) is 4.57 Å². The van der Waals surface area contributed by atoms with Gasteiger partial charge in [0.05, 0.1) is 12.2 Å². The van der Waals surface area contributed by atoms with E-state index in [0.717, 1.165) is 0 Å². The number of rotatable bonds is 4. The molecule has 0 spiro atoms. The van der Waals surface area contributed by atoms with Crippen LogP contribution in [0.1, 0.15) is 33.3 Å². The number of oxazole rings is 1. The SMILES string of the molecule is CC(C)Oc1c(O)c2c3c(oc(=O)n3C=CC2)c1OC(C)C. The molecule has 0 fully saturated rings. The summed E-state index contributed by atoms with van der Waals surface area (Å²) in [4.78, 5) is 12.0. The average molecular weight is 305 g/mol. The molecule has 22 heavy (non-hydrogen) atoms. The molecule has 2 heterocycles. The minimum Gasteiger partial charge on any atom is -0.504 e. The highest BCUT2D eigenvalue weighted by atomic mass is 16.5. The molecule has 6 nitrogen and oxygen atoms in total. The van der Waals surface area contributed by atoms with Crippen LogP contribution >= 0.6 is 0 Å². The Morgan fingerprint density at radius 3 is 2.45 bits per heavy atom. The quantitative estimate of drug-likeness (QED) is 0.940. The summed E-state index contributed by atoms with van der Waals surface area (Å²) in [7, 11) is 0. The molecule has 0 atom stereocenters. The topological polar surface area (TPSA) is 73.8 Å². The Kier molecular flexibility index (Phi) is 3.39. The van der Waals surface area contributed by atoms with Crippen LogP contribution in [0.4, 0.5) is 0 Å². The molecule has 0 amide bonds. The zero-order chi connectivity index (χ0) is 16.0. The van der Waals surface area contributed by atoms with Crippen LogP contribution in [0, 0.1) is 0 Å². The van der Waals surface area contributed by atoms with Crippen LogP contribution in [-0.2, 0) is 6.42 Å². The molecular weight excluding hydrogens is 286 g/mol. The van der Waals surface area contributed by atoms with E-state index in [9.17, 15) is 9.90 Å². The Morgan fingerprint density at radius 1 is 1.18 bits per heavy atom. The first-order chi connectivity index (χ1) is 10.4. The maximum atomic E-state index is 12.0. The van der Waals surface area contributed by atoms with Crippen molar-refractivity contribution in [2.75, 3.05) is 0 Å². The Labute approximate surface area is 127 Å². The molecular formula is C16H19NO5. The first kappa shape index (κ1) is 14.6. The molecule has 0 bridgehead atoms. The van der Waals surface area contributed by atoms with Gasteiger partial charge in [-0.05, 0) is 34.1 Å². The van der Waals surface area contributed by atoms with E-state index in [2.05, 4.69) is 0 Å². The number of aromatic hydroxyl groups is 1. The van der Waals surface area contributed by atoms with Crippen molar-refractivity contribution in [1.29, 1.82) is 0 Å². The lowest BCUT2D eigenvalue weighted by Gasteiger charge is -2.20. The molecule has 2 aromatic rings. The Morgan fingerprint density at radius 2 is 1.82 bits per heavy atom. The monoisotopic (exact) mass is 305 g/mol. The van der Waals surface area contributed by atoms with Gasteiger partial charge in [-0.15, -0.1) is 0 Å². The van der Waals surface area contributed by atoms with E-state index < -0.39 is 5.76 Å². The number of aromatic nitrogens is 1. The molecule has 0 aliphatic carbocycles. The van der Waals surface area contributed by atoms with Crippen molar-refractivity contribution in [3.8, 4) is 17.2 Å². The van der Waals surface area contributed by atoms with Crippen LogP contribution in [0.3, 0.4) is 0 Å². The Bertz CT molecular complexity index is 810. The molecule has 6 heteroatoms. The van der Waals surface area contributed by atoms with Gasteiger partial charge in [-0.25, -0.2) is 9.36 Å². The van der Waals surface area contributed by atoms with Crippen LogP contribution in [-0.4, -0.2) is 21.9 Å². The van der Waals surface area contributed by atoms with Crippen molar-refractivity contribution in [2.45, 2.75) is 46.3 Å². The Balaban J connectivity index is 2.38. The van der Waals surface area contributed by atoms with Crippen LogP contribution in [0.5, 0.6) is 17.2 Å². The summed E-state index contributed by atoms with van der Waals surface area (Å²) in [6.07, 6.45) is 3.62. The summed E-state index contributed by atoms with van der Waals surface area (Å²) in [6.45, 7) is 7.43. The summed E-state index contributed by atoms with van der Waals surface area (Å²) in [5, 5.41) is 10.6. The maximum Gasteiger partial charge on any atom is 0.424 e. The van der Waals surface area contributed by atoms with Gasteiger partial charge in [0.15, 0.2) is 5.75 Å². The third-order valence-electron chi connectivity index (χ3n) is 3.32. The molecule has 1 aliphatic heterocycles. The molecule has 1 N–H and O–H groups in total. The van der Waals surface area contributed by atoms with E-state index in [4.69, 9.17) is 13.9 Å². The molecule has 1 aromatic heterocycles. The second-order valence-electron chi connectivity index (χ2n) is 5.82. The third-order valence-corrected chi connectivity index (χ3v) is 3.32. The average Bonchev–Trinajstić information content (AvgIpc) is 2.78. The predicted octanol–water partition coefficient (Wildman–Crippen LogP) is 2.90. The maximum absolute atomic E-state index is 12.0. The fourth-order valence-electron chi connectivity index (χ4n) is 2.57. The fraction of sp³-hybridized carbons (Fsp3) is 0.438. The number of ether oxygens (including phenoxy) is 2. The number of benzene rings is 1. The number of phenolic OH excluding ortho intramolecular Hbond substituents is 1. The minimum absolute atomic E-state index is 0.00394. The second-order valence-corrected chi connectivity index (χ2v) is 5.82. The van der Waals surface area contributed by atoms with Crippen molar-refractivity contribution < 1.29 is 19.0 Å². The van der Waals surface area contributed by atoms with Gasteiger partial charge in [0, 0.05) is 11.8 Å². The molecule has 0 saturated carbocycles. The predicted molar refractivity (Wildman–Crippen MR) is 82.7 cm³/mol. The lowest BCUT2D eigenvalue weighted by Crippen LogP contribution is -2.13. The molecule has 0 unspecified atom stereocenters. The van der Waals surface area contributed by atoms with Crippen LogP contribution in [0.15, 0.2) is 15.3 Å². The highest BCUT2D eigenvalue weighted by molar-refractivity contribution is 5.91. The summed E-state index contributed by atoms with van der Waals surface area (Å²) in [5.41, 5.74) is 1.46. The molecule has 1 aromatic carbocycles. The van der Waals surface area contributed by atoms with Gasteiger partial charge in [0.25, 0.3) is 0 Å². The van der Waals surface area contributed by atoms with Crippen molar-refractivity contribution in [1.82, 2.24) is 4.57 Å². The van der Waals surface area contributed by atoms with E-state index >= 15 is 0 Å². The van der Waals surface area contributed by atoms with Crippen LogP contribution in [0.25, 0.3) is 17.3 Å². The molecule has 0 radical (unpaired) electrons. The van der Waals surface area contributed by atoms with Gasteiger partial charge in [0.1, 0.15) is 5.52 Å². The number of hydrogen-bond acceptors (Lipinski definition) is 5. The summed E-state index contributed by atoms with van der Waals surface area (Å²) in [5.74, 6) is -0.0221. The normalized spacial score (nSPS) is 13.4. The van der Waals surface area contributed by atoms with Gasteiger partial charge < -0.3 is 19.0 Å². The van der Waals surface area contributed by atoms with Gasteiger partial charge in [0.2, 0.25) is 17.1 Å². The summed E-state index contributed by atoms with van der Waals surface area (Å²) >= 11 is 0. The fourth-order valence-corrected chi connectivity index (χ4v) is 2.57. The second kappa shape index (κ2) is 5.12. The van der Waals surface area contributed by atoms with Crippen molar-refractivity contribution in [3.63, 3.8) is 0 Å². The molecule has 3 rings (SSSR count). The van der Waals surface area contributed by atoms with E-state index in [1.807, 2.05) is 27.7 Å². The first-order valence-electron chi connectivity index (χ1n) is 7.33. The molecule has 1 aliphatic rings. The van der Waals surface area contributed by atoms with Gasteiger partial charge in [-0.1, -0.05) is 6.08 Å². The zero-order valence-electron chi connectivity index (χ0n) is 13.0. The lowest BCUT2D eigenvalue weighted by molar-refractivity contribution is 0.192. The van der Waals surface area contributed by atoms with Crippen molar-refractivity contribution in [3.05, 3.63) is 22.2 Å². The largest absolute Gasteiger partial charge is 0.504 e. The summed E-state index contributed by atoms with van der Waals surface area (Å²) in [6, 6.07) is 0. The highest BCUT2D eigenvalue weighted by Gasteiger charge is 2.29. The van der Waals surface area contributed by atoms with E-state index in [1.54, 1.807) is 12.3 Å². The lowest BCUT2D eigenvalue weighted by atomic mass is 10.0. The number of allylic oxidation sites excluding steroid dienone is 1. The van der Waals surface area contributed by atoms with Gasteiger partial charge in [-0.3, -0.25) is 0 Å². The third kappa shape index (κ3) is 2.15. The summed E-state index contributed by atoms with van der Waals surface area (Å²) < 4.78 is 18.2. The van der Waals surface area contributed by atoms with Gasteiger partial charge >= 0.3 is 5.76 Å². The van der Waals surface area contributed by atoms with Crippen molar-refractivity contribution in [2.24, 2.45) is 0 Å². The standard InChI is InChI=1S/C16H19NO5/c1-8(2)20-14-12(18)10-6-5-7-17-11(10)13(22-16(17)19)15(14)21-9(3)4/h5,7-9,18H,6H2,1-4H3. The minimum atomic E-state index is -0.512. The zero-order valence-corrected chi connectivity index (χ0v) is 13.0. The highest BCUT2D eigenvalue weighted by Crippen LogP contribution is 2.48. The Hall–Kier alpha value is -2.37. The number of hydrogen-bond donors (Lipinski definition) is 1. The number of nitrogens with zero attached hydrogens (tertiary/aromatic N) is 1. The van der Waals surface area contributed by atoms with E-state index in [-0.39, 0.29) is 29.5 Å². The molecule has 0 saturated heterocycles. The van der Waals surface area contributed by atoms with Gasteiger partial charge in [-0.2, -0.15) is 0 Å². The van der Waals surface area contributed by atoms with E-state index in [0.29, 0.717) is 23.1 Å². The number of phenols is 1.